The maximum absolute atomic E-state index is 11.8. The Balaban J connectivity index is 2.03. The molecule has 0 saturated heterocycles. The van der Waals surface area contributed by atoms with Gasteiger partial charge in [-0.3, -0.25) is 4.79 Å². The number of imidazole rings is 1. The molecule has 2 rings (SSSR count). The number of Topliss-reactive ketones (excluding diaryl/α,β-unsaturated/α-hetero) is 1. The third-order valence-electron chi connectivity index (χ3n) is 2.22. The molecule has 0 atom stereocenters. The number of hydrogen-bond acceptors (Lipinski definition) is 4. The average molecular weight is 219 g/mol. The Morgan fingerprint density at radius 3 is 3.12 bits per heavy atom. The Bertz CT molecular complexity index is 459. The minimum atomic E-state index is -0.0503. The molecular weight excluding hydrogens is 206 g/mol. The number of ketones is 1. The molecule has 0 aliphatic heterocycles. The van der Waals surface area contributed by atoms with E-state index in [4.69, 9.17) is 10.2 Å². The smallest absolute Gasteiger partial charge is 0.190 e. The largest absolute Gasteiger partial charge is 0.469 e. The van der Waals surface area contributed by atoms with Crippen LogP contribution in [0.1, 0.15) is 16.2 Å². The molecule has 0 aliphatic carbocycles. The summed E-state index contributed by atoms with van der Waals surface area (Å²) in [6, 6.07) is 3.53. The topological polar surface area (TPSA) is 74.1 Å². The predicted molar refractivity (Wildman–Crippen MR) is 58.0 cm³/mol. The standard InChI is InChI=1S/C11H13N3O2/c12-3-4-14-7-10(13-8-14)11(15)6-9-2-1-5-16-9/h1-2,5,7-8H,3-4,6,12H2. The Hall–Kier alpha value is -1.88. The minimum absolute atomic E-state index is 0.0503. The molecule has 84 valence electrons. The molecule has 0 aromatic carbocycles. The van der Waals surface area contributed by atoms with Crippen LogP contribution in [-0.4, -0.2) is 21.9 Å². The van der Waals surface area contributed by atoms with E-state index in [0.29, 0.717) is 24.5 Å². The van der Waals surface area contributed by atoms with Crippen LogP contribution in [0.4, 0.5) is 0 Å². The summed E-state index contributed by atoms with van der Waals surface area (Å²) in [5.74, 6) is 0.601. The van der Waals surface area contributed by atoms with Crippen LogP contribution < -0.4 is 5.73 Å². The third-order valence-corrected chi connectivity index (χ3v) is 2.22. The molecule has 2 N–H and O–H groups in total. The van der Waals surface area contributed by atoms with Gasteiger partial charge in [-0.05, 0) is 12.1 Å². The van der Waals surface area contributed by atoms with Crippen molar-refractivity contribution in [3.05, 3.63) is 42.4 Å². The molecule has 0 amide bonds. The summed E-state index contributed by atoms with van der Waals surface area (Å²) in [5.41, 5.74) is 5.86. The highest BCUT2D eigenvalue weighted by Gasteiger charge is 2.11. The number of rotatable bonds is 5. The lowest BCUT2D eigenvalue weighted by Crippen LogP contribution is -2.08. The monoisotopic (exact) mass is 219 g/mol. The van der Waals surface area contributed by atoms with Crippen molar-refractivity contribution >= 4 is 5.78 Å². The second-order valence-electron chi connectivity index (χ2n) is 3.46. The molecule has 0 radical (unpaired) electrons. The molecule has 0 aliphatic rings. The van der Waals surface area contributed by atoms with Gasteiger partial charge in [-0.25, -0.2) is 4.98 Å². The number of carbonyl (C=O) groups is 1. The average Bonchev–Trinajstić information content (AvgIpc) is 2.89. The highest BCUT2D eigenvalue weighted by molar-refractivity contribution is 5.95. The first kappa shape index (κ1) is 10.6. The minimum Gasteiger partial charge on any atom is -0.469 e. The van der Waals surface area contributed by atoms with Crippen LogP contribution in [0, 0.1) is 0 Å². The summed E-state index contributed by atoms with van der Waals surface area (Å²) in [5, 5.41) is 0. The van der Waals surface area contributed by atoms with Crippen LogP contribution in [0.3, 0.4) is 0 Å². The van der Waals surface area contributed by atoms with Crippen LogP contribution in [0.15, 0.2) is 35.3 Å². The van der Waals surface area contributed by atoms with E-state index in [1.807, 2.05) is 0 Å². The third kappa shape index (κ3) is 2.38. The van der Waals surface area contributed by atoms with E-state index in [9.17, 15) is 4.79 Å². The molecule has 0 spiro atoms. The van der Waals surface area contributed by atoms with Gasteiger partial charge in [0.15, 0.2) is 5.78 Å². The van der Waals surface area contributed by atoms with E-state index in [0.717, 1.165) is 0 Å². The summed E-state index contributed by atoms with van der Waals surface area (Å²) < 4.78 is 6.91. The van der Waals surface area contributed by atoms with Crippen molar-refractivity contribution in [1.29, 1.82) is 0 Å². The summed E-state index contributed by atoms with van der Waals surface area (Å²) in [4.78, 5) is 15.8. The number of nitrogens with two attached hydrogens (primary N) is 1. The van der Waals surface area contributed by atoms with Crippen molar-refractivity contribution in [2.45, 2.75) is 13.0 Å². The second-order valence-corrected chi connectivity index (χ2v) is 3.46. The lowest BCUT2D eigenvalue weighted by atomic mass is 10.2. The SMILES string of the molecule is NCCn1cnc(C(=O)Cc2ccco2)c1. The van der Waals surface area contributed by atoms with Crippen molar-refractivity contribution in [2.75, 3.05) is 6.54 Å². The molecule has 2 aromatic heterocycles. The summed E-state index contributed by atoms with van der Waals surface area (Å²) in [6.45, 7) is 1.20. The quantitative estimate of drug-likeness (QED) is 0.757. The number of aromatic nitrogens is 2. The molecular formula is C11H13N3O2. The lowest BCUT2D eigenvalue weighted by Gasteiger charge is -1.96. The molecule has 0 fully saturated rings. The van der Waals surface area contributed by atoms with Gasteiger partial charge in [-0.15, -0.1) is 0 Å². The zero-order chi connectivity index (χ0) is 11.4. The maximum atomic E-state index is 11.8. The molecule has 5 nitrogen and oxygen atoms in total. The van der Waals surface area contributed by atoms with Gasteiger partial charge in [0.1, 0.15) is 11.5 Å². The van der Waals surface area contributed by atoms with Crippen molar-refractivity contribution in [1.82, 2.24) is 9.55 Å². The molecule has 16 heavy (non-hydrogen) atoms. The van der Waals surface area contributed by atoms with Crippen molar-refractivity contribution in [2.24, 2.45) is 5.73 Å². The normalized spacial score (nSPS) is 10.6. The van der Waals surface area contributed by atoms with E-state index >= 15 is 0 Å². The van der Waals surface area contributed by atoms with E-state index in [1.54, 1.807) is 35.5 Å². The van der Waals surface area contributed by atoms with Gasteiger partial charge in [-0.2, -0.15) is 0 Å². The molecule has 5 heteroatoms. The molecule has 2 heterocycles. The molecule has 2 aromatic rings. The number of carbonyl (C=O) groups excluding carboxylic acids is 1. The zero-order valence-electron chi connectivity index (χ0n) is 8.80. The summed E-state index contributed by atoms with van der Waals surface area (Å²) in [7, 11) is 0. The molecule has 0 bridgehead atoms. The Labute approximate surface area is 92.9 Å². The van der Waals surface area contributed by atoms with Crippen LogP contribution in [0.2, 0.25) is 0 Å². The summed E-state index contributed by atoms with van der Waals surface area (Å²) in [6.07, 6.45) is 5.11. The first-order valence-corrected chi connectivity index (χ1v) is 5.07. The van der Waals surface area contributed by atoms with Crippen LogP contribution in [-0.2, 0) is 13.0 Å². The first-order valence-electron chi connectivity index (χ1n) is 5.07. The highest BCUT2D eigenvalue weighted by atomic mass is 16.3. The van der Waals surface area contributed by atoms with Gasteiger partial charge in [0.05, 0.1) is 19.0 Å². The second kappa shape index (κ2) is 4.76. The number of nitrogens with zero attached hydrogens (tertiary/aromatic N) is 2. The van der Waals surface area contributed by atoms with Crippen molar-refractivity contribution in [3.8, 4) is 0 Å². The fourth-order valence-electron chi connectivity index (χ4n) is 1.44. The van der Waals surface area contributed by atoms with E-state index in [1.165, 1.54) is 0 Å². The fourth-order valence-corrected chi connectivity index (χ4v) is 1.44. The number of furan rings is 1. The van der Waals surface area contributed by atoms with Crippen LogP contribution in [0.25, 0.3) is 0 Å². The van der Waals surface area contributed by atoms with Gasteiger partial charge < -0.3 is 14.7 Å². The van der Waals surface area contributed by atoms with Gasteiger partial charge in [0.25, 0.3) is 0 Å². The van der Waals surface area contributed by atoms with Crippen molar-refractivity contribution < 1.29 is 9.21 Å². The first-order chi connectivity index (χ1) is 7.79. The van der Waals surface area contributed by atoms with Gasteiger partial charge in [-0.1, -0.05) is 0 Å². The van der Waals surface area contributed by atoms with Gasteiger partial charge in [0, 0.05) is 19.3 Å². The maximum Gasteiger partial charge on any atom is 0.190 e. The van der Waals surface area contributed by atoms with Crippen molar-refractivity contribution in [3.63, 3.8) is 0 Å². The Kier molecular flexibility index (Phi) is 3.16. The van der Waals surface area contributed by atoms with Gasteiger partial charge >= 0.3 is 0 Å². The van der Waals surface area contributed by atoms with Crippen LogP contribution in [0.5, 0.6) is 0 Å². The molecule has 0 unspecified atom stereocenters. The lowest BCUT2D eigenvalue weighted by molar-refractivity contribution is 0.0982. The highest BCUT2D eigenvalue weighted by Crippen LogP contribution is 2.06. The van der Waals surface area contributed by atoms with E-state index < -0.39 is 0 Å². The Morgan fingerprint density at radius 1 is 1.56 bits per heavy atom. The molecule has 0 saturated carbocycles. The zero-order valence-corrected chi connectivity index (χ0v) is 8.80. The predicted octanol–water partition coefficient (Wildman–Crippen LogP) is 0.860. The fraction of sp³-hybridized carbons (Fsp3) is 0.273. The van der Waals surface area contributed by atoms with E-state index in [-0.39, 0.29) is 12.2 Å². The summed E-state index contributed by atoms with van der Waals surface area (Å²) >= 11 is 0. The van der Waals surface area contributed by atoms with Gasteiger partial charge in [0.2, 0.25) is 0 Å². The van der Waals surface area contributed by atoms with E-state index in [2.05, 4.69) is 4.98 Å². The van der Waals surface area contributed by atoms with Crippen LogP contribution >= 0.6 is 0 Å². The number of hydrogen-bond donors (Lipinski definition) is 1. The Morgan fingerprint density at radius 2 is 2.44 bits per heavy atom.